The minimum Gasteiger partial charge on any atom is -0.393 e. The van der Waals surface area contributed by atoms with Crippen LogP contribution < -0.4 is 10.6 Å². The highest BCUT2D eigenvalue weighted by Gasteiger charge is 2.19. The Bertz CT molecular complexity index is 736. The van der Waals surface area contributed by atoms with Crippen molar-refractivity contribution < 1.29 is 5.11 Å². The highest BCUT2D eigenvalue weighted by molar-refractivity contribution is 7.98. The van der Waals surface area contributed by atoms with Crippen LogP contribution in [-0.2, 0) is 5.75 Å². The molecule has 27 heavy (non-hydrogen) atoms. The standard InChI is InChI=1S/C22H31N3OS/c1-2-23-22(25-19-10-12-20(26)13-11-19)24-14-15-27-16-18-8-5-7-17-6-3-4-9-21(17)18/h3-9,19-20,26H,2,10-16H2,1H3,(H2,23,24,25). The molecule has 2 aromatic rings. The number of rotatable bonds is 7. The predicted molar refractivity (Wildman–Crippen MR) is 117 cm³/mol. The van der Waals surface area contributed by atoms with Crippen LogP contribution in [0.2, 0.25) is 0 Å². The zero-order valence-electron chi connectivity index (χ0n) is 16.2. The first-order chi connectivity index (χ1) is 13.3. The van der Waals surface area contributed by atoms with E-state index in [2.05, 4.69) is 60.0 Å². The Morgan fingerprint density at radius 3 is 2.70 bits per heavy atom. The van der Waals surface area contributed by atoms with Crippen molar-refractivity contribution in [3.05, 3.63) is 48.0 Å². The lowest BCUT2D eigenvalue weighted by atomic mass is 9.93. The van der Waals surface area contributed by atoms with Gasteiger partial charge in [0.2, 0.25) is 0 Å². The van der Waals surface area contributed by atoms with Crippen LogP contribution in [0.4, 0.5) is 0 Å². The molecule has 0 atom stereocenters. The number of aliphatic hydroxyl groups is 1. The van der Waals surface area contributed by atoms with Crippen molar-refractivity contribution >= 4 is 28.5 Å². The van der Waals surface area contributed by atoms with Crippen molar-refractivity contribution in [3.8, 4) is 0 Å². The lowest BCUT2D eigenvalue weighted by Crippen LogP contribution is -2.45. The van der Waals surface area contributed by atoms with Crippen LogP contribution in [-0.4, -0.2) is 42.1 Å². The molecule has 0 aromatic heterocycles. The molecule has 1 aliphatic carbocycles. The summed E-state index contributed by atoms with van der Waals surface area (Å²) >= 11 is 1.93. The monoisotopic (exact) mass is 385 g/mol. The average Bonchev–Trinajstić information content (AvgIpc) is 2.69. The van der Waals surface area contributed by atoms with Crippen molar-refractivity contribution in [2.75, 3.05) is 18.8 Å². The number of hydrogen-bond acceptors (Lipinski definition) is 3. The van der Waals surface area contributed by atoms with Crippen LogP contribution in [0, 0.1) is 0 Å². The first-order valence-corrected chi connectivity index (χ1v) is 11.2. The largest absolute Gasteiger partial charge is 0.393 e. The van der Waals surface area contributed by atoms with Crippen LogP contribution in [0.3, 0.4) is 0 Å². The number of nitrogens with zero attached hydrogens (tertiary/aromatic N) is 1. The maximum absolute atomic E-state index is 9.65. The molecule has 2 aromatic carbocycles. The molecule has 1 saturated carbocycles. The fourth-order valence-electron chi connectivity index (χ4n) is 3.56. The van der Waals surface area contributed by atoms with Gasteiger partial charge in [-0.25, -0.2) is 0 Å². The van der Waals surface area contributed by atoms with E-state index >= 15 is 0 Å². The summed E-state index contributed by atoms with van der Waals surface area (Å²) in [5.41, 5.74) is 1.40. The molecule has 0 saturated heterocycles. The highest BCUT2D eigenvalue weighted by atomic mass is 32.2. The third kappa shape index (κ3) is 6.15. The Hall–Kier alpha value is -1.72. The lowest BCUT2D eigenvalue weighted by molar-refractivity contribution is 0.120. The van der Waals surface area contributed by atoms with E-state index in [1.54, 1.807) is 0 Å². The number of nitrogens with one attached hydrogen (secondary N) is 2. The van der Waals surface area contributed by atoms with Gasteiger partial charge in [-0.05, 0) is 48.9 Å². The minimum absolute atomic E-state index is 0.118. The summed E-state index contributed by atoms with van der Waals surface area (Å²) in [7, 11) is 0. The van der Waals surface area contributed by atoms with Gasteiger partial charge in [-0.1, -0.05) is 42.5 Å². The van der Waals surface area contributed by atoms with Gasteiger partial charge in [0.1, 0.15) is 0 Å². The van der Waals surface area contributed by atoms with Crippen LogP contribution in [0.25, 0.3) is 10.8 Å². The molecule has 0 aliphatic heterocycles. The SMILES string of the molecule is CCNC(=NCCSCc1cccc2ccccc12)NC1CCC(O)CC1. The number of benzene rings is 2. The van der Waals surface area contributed by atoms with Crippen molar-refractivity contribution in [2.24, 2.45) is 4.99 Å². The molecule has 1 aliphatic rings. The van der Waals surface area contributed by atoms with E-state index < -0.39 is 0 Å². The molecule has 0 amide bonds. The van der Waals surface area contributed by atoms with Gasteiger partial charge in [-0.15, -0.1) is 0 Å². The number of aliphatic hydroxyl groups excluding tert-OH is 1. The molecular weight excluding hydrogens is 354 g/mol. The van der Waals surface area contributed by atoms with Gasteiger partial charge in [0.25, 0.3) is 0 Å². The molecule has 0 bridgehead atoms. The Balaban J connectivity index is 1.46. The second-order valence-electron chi connectivity index (χ2n) is 7.10. The molecule has 0 heterocycles. The summed E-state index contributed by atoms with van der Waals surface area (Å²) in [6.07, 6.45) is 3.69. The molecule has 0 radical (unpaired) electrons. The number of guanidine groups is 1. The molecule has 0 spiro atoms. The molecular formula is C22H31N3OS. The topological polar surface area (TPSA) is 56.7 Å². The van der Waals surface area contributed by atoms with E-state index in [0.717, 1.165) is 56.2 Å². The molecule has 5 heteroatoms. The first kappa shape index (κ1) is 20.0. The molecule has 1 fully saturated rings. The second kappa shape index (κ2) is 10.6. The van der Waals surface area contributed by atoms with Crippen molar-refractivity contribution in [2.45, 2.75) is 50.5 Å². The highest BCUT2D eigenvalue weighted by Crippen LogP contribution is 2.22. The maximum Gasteiger partial charge on any atom is 0.191 e. The number of aliphatic imine (C=N–C) groups is 1. The van der Waals surface area contributed by atoms with Gasteiger partial charge in [-0.2, -0.15) is 11.8 Å². The van der Waals surface area contributed by atoms with Crippen molar-refractivity contribution in [1.82, 2.24) is 10.6 Å². The quantitative estimate of drug-likeness (QED) is 0.384. The Morgan fingerprint density at radius 2 is 1.89 bits per heavy atom. The summed E-state index contributed by atoms with van der Waals surface area (Å²) < 4.78 is 0. The van der Waals surface area contributed by atoms with Gasteiger partial charge >= 0.3 is 0 Å². The van der Waals surface area contributed by atoms with E-state index in [1.165, 1.54) is 16.3 Å². The summed E-state index contributed by atoms with van der Waals surface area (Å²) in [6.45, 7) is 3.77. The van der Waals surface area contributed by atoms with E-state index in [0.29, 0.717) is 6.04 Å². The van der Waals surface area contributed by atoms with Gasteiger partial charge in [0, 0.05) is 24.1 Å². The zero-order chi connectivity index (χ0) is 18.9. The Labute approximate surface area is 166 Å². The minimum atomic E-state index is -0.118. The second-order valence-corrected chi connectivity index (χ2v) is 8.21. The summed E-state index contributed by atoms with van der Waals surface area (Å²) in [6, 6.07) is 15.5. The molecule has 0 unspecified atom stereocenters. The predicted octanol–water partition coefficient (Wildman–Crippen LogP) is 3.93. The summed E-state index contributed by atoms with van der Waals surface area (Å²) in [5, 5.41) is 19.2. The smallest absolute Gasteiger partial charge is 0.191 e. The zero-order valence-corrected chi connectivity index (χ0v) is 17.0. The molecule has 3 N–H and O–H groups in total. The summed E-state index contributed by atoms with van der Waals surface area (Å²) in [5.74, 6) is 2.93. The number of fused-ring (bicyclic) bond motifs is 1. The van der Waals surface area contributed by atoms with Crippen LogP contribution in [0.15, 0.2) is 47.5 Å². The first-order valence-electron chi connectivity index (χ1n) is 10.0. The van der Waals surface area contributed by atoms with Gasteiger partial charge < -0.3 is 15.7 Å². The fraction of sp³-hybridized carbons (Fsp3) is 0.500. The van der Waals surface area contributed by atoms with Crippen LogP contribution in [0.5, 0.6) is 0 Å². The van der Waals surface area contributed by atoms with Crippen LogP contribution in [0.1, 0.15) is 38.2 Å². The normalized spacial score (nSPS) is 20.6. The van der Waals surface area contributed by atoms with Gasteiger partial charge in [0.15, 0.2) is 5.96 Å². The molecule has 3 rings (SSSR count). The van der Waals surface area contributed by atoms with Crippen molar-refractivity contribution in [1.29, 1.82) is 0 Å². The van der Waals surface area contributed by atoms with Crippen LogP contribution >= 0.6 is 11.8 Å². The van der Waals surface area contributed by atoms with E-state index in [-0.39, 0.29) is 6.10 Å². The summed E-state index contributed by atoms with van der Waals surface area (Å²) in [4.78, 5) is 4.73. The van der Waals surface area contributed by atoms with Gasteiger partial charge in [0.05, 0.1) is 12.6 Å². The van der Waals surface area contributed by atoms with Crippen molar-refractivity contribution in [3.63, 3.8) is 0 Å². The van der Waals surface area contributed by atoms with E-state index in [4.69, 9.17) is 4.99 Å². The molecule has 146 valence electrons. The lowest BCUT2D eigenvalue weighted by Gasteiger charge is -2.27. The van der Waals surface area contributed by atoms with E-state index in [9.17, 15) is 5.11 Å². The third-order valence-corrected chi connectivity index (χ3v) is 6.01. The third-order valence-electron chi connectivity index (χ3n) is 5.02. The fourth-order valence-corrected chi connectivity index (χ4v) is 4.39. The molecule has 4 nitrogen and oxygen atoms in total. The average molecular weight is 386 g/mol. The number of hydrogen-bond donors (Lipinski definition) is 3. The number of thioether (sulfide) groups is 1. The van der Waals surface area contributed by atoms with Gasteiger partial charge in [-0.3, -0.25) is 4.99 Å². The Kier molecular flexibility index (Phi) is 7.84. The Morgan fingerprint density at radius 1 is 1.11 bits per heavy atom. The maximum atomic E-state index is 9.65. The van der Waals surface area contributed by atoms with E-state index in [1.807, 2.05) is 11.8 Å².